The lowest BCUT2D eigenvalue weighted by Gasteiger charge is -2.25. The lowest BCUT2D eigenvalue weighted by atomic mass is 10.1. The highest BCUT2D eigenvalue weighted by Crippen LogP contribution is 2.34. The number of rotatable bonds is 5. The van der Waals surface area contributed by atoms with Gasteiger partial charge in [-0.1, -0.05) is 29.8 Å². The molecule has 0 fully saturated rings. The van der Waals surface area contributed by atoms with Gasteiger partial charge < -0.3 is 14.4 Å². The van der Waals surface area contributed by atoms with Gasteiger partial charge in [0, 0.05) is 24.4 Å². The Balaban J connectivity index is 1.81. The van der Waals surface area contributed by atoms with Crippen molar-refractivity contribution in [2.45, 2.75) is 33.4 Å². The first-order valence-corrected chi connectivity index (χ1v) is 12.5. The molecule has 9 heteroatoms. The summed E-state index contributed by atoms with van der Waals surface area (Å²) in [4.78, 5) is 43.3. The summed E-state index contributed by atoms with van der Waals surface area (Å²) in [5.41, 5.74) is 2.49. The van der Waals surface area contributed by atoms with Crippen molar-refractivity contribution in [3.05, 3.63) is 84.9 Å². The predicted octanol–water partition coefficient (Wildman–Crippen LogP) is 3.49. The summed E-state index contributed by atoms with van der Waals surface area (Å²) >= 11 is 1.42. The van der Waals surface area contributed by atoms with E-state index in [1.165, 1.54) is 23.0 Å². The zero-order valence-corrected chi connectivity index (χ0v) is 21.5. The van der Waals surface area contributed by atoms with Crippen molar-refractivity contribution in [3.8, 4) is 17.2 Å². The number of ether oxygens (including phenoxy) is 2. The Hall–Kier alpha value is -3.85. The average molecular weight is 506 g/mol. The van der Waals surface area contributed by atoms with Crippen molar-refractivity contribution in [2.24, 2.45) is 0 Å². The number of nitrogens with zero attached hydrogens (tertiary/aromatic N) is 3. The number of thiophene rings is 1. The van der Waals surface area contributed by atoms with E-state index in [0.29, 0.717) is 53.5 Å². The first-order valence-electron chi connectivity index (χ1n) is 11.7. The standard InChI is InChI=1S/C27H27N3O5S/c1-16-6-5-7-18(12-16)14-29-26-24(20-10-11-28(17(2)31)15-23(20)36-26)25(32)30(27(29)33)21-9-8-19(34-3)13-22(21)35-4/h5-9,12-13H,10-11,14-15H2,1-4H3. The molecule has 3 heterocycles. The summed E-state index contributed by atoms with van der Waals surface area (Å²) in [5, 5.41) is 0.531. The Morgan fingerprint density at radius 2 is 1.89 bits per heavy atom. The minimum Gasteiger partial charge on any atom is -0.497 e. The van der Waals surface area contributed by atoms with Crippen LogP contribution in [0.25, 0.3) is 15.9 Å². The van der Waals surface area contributed by atoms with Crippen molar-refractivity contribution in [2.75, 3.05) is 20.8 Å². The number of hydrogen-bond acceptors (Lipinski definition) is 6. The fourth-order valence-electron chi connectivity index (χ4n) is 4.79. The van der Waals surface area contributed by atoms with Crippen LogP contribution >= 0.6 is 11.3 Å². The second kappa shape index (κ2) is 9.31. The van der Waals surface area contributed by atoms with E-state index in [0.717, 1.165) is 21.6 Å². The van der Waals surface area contributed by atoms with E-state index >= 15 is 0 Å². The zero-order valence-electron chi connectivity index (χ0n) is 20.7. The lowest BCUT2D eigenvalue weighted by molar-refractivity contribution is -0.129. The van der Waals surface area contributed by atoms with E-state index in [1.54, 1.807) is 41.7 Å². The van der Waals surface area contributed by atoms with Crippen molar-refractivity contribution in [1.82, 2.24) is 14.0 Å². The van der Waals surface area contributed by atoms with Crippen LogP contribution in [0.3, 0.4) is 0 Å². The Morgan fingerprint density at radius 1 is 1.08 bits per heavy atom. The molecule has 5 rings (SSSR count). The van der Waals surface area contributed by atoms with Gasteiger partial charge in [-0.15, -0.1) is 11.3 Å². The van der Waals surface area contributed by atoms with Crippen molar-refractivity contribution >= 4 is 27.5 Å². The number of hydrogen-bond donors (Lipinski definition) is 0. The molecule has 0 N–H and O–H groups in total. The molecule has 1 aliphatic rings. The van der Waals surface area contributed by atoms with Gasteiger partial charge in [-0.3, -0.25) is 14.2 Å². The van der Waals surface area contributed by atoms with E-state index in [9.17, 15) is 14.4 Å². The highest BCUT2D eigenvalue weighted by Gasteiger charge is 2.28. The lowest BCUT2D eigenvalue weighted by Crippen LogP contribution is -2.39. The van der Waals surface area contributed by atoms with Gasteiger partial charge in [0.2, 0.25) is 5.91 Å². The molecule has 1 aliphatic heterocycles. The summed E-state index contributed by atoms with van der Waals surface area (Å²) in [7, 11) is 3.04. The highest BCUT2D eigenvalue weighted by atomic mass is 32.1. The number of benzene rings is 2. The average Bonchev–Trinajstić information content (AvgIpc) is 3.25. The molecule has 0 aliphatic carbocycles. The smallest absolute Gasteiger partial charge is 0.337 e. The van der Waals surface area contributed by atoms with Crippen LogP contribution in [0.15, 0.2) is 52.1 Å². The molecule has 0 bridgehead atoms. The number of aromatic nitrogens is 2. The van der Waals surface area contributed by atoms with Crippen LogP contribution in [0, 0.1) is 6.92 Å². The van der Waals surface area contributed by atoms with Gasteiger partial charge in [0.25, 0.3) is 5.56 Å². The number of fused-ring (bicyclic) bond motifs is 3. The van der Waals surface area contributed by atoms with Crippen LogP contribution < -0.4 is 20.7 Å². The van der Waals surface area contributed by atoms with E-state index in [2.05, 4.69) is 0 Å². The third-order valence-corrected chi connectivity index (χ3v) is 7.86. The predicted molar refractivity (Wildman–Crippen MR) is 140 cm³/mol. The molecule has 4 aromatic rings. The van der Waals surface area contributed by atoms with E-state index in [-0.39, 0.29) is 11.5 Å². The summed E-state index contributed by atoms with van der Waals surface area (Å²) in [6, 6.07) is 13.0. The Kier molecular flexibility index (Phi) is 6.17. The molecule has 0 unspecified atom stereocenters. The first kappa shape index (κ1) is 23.9. The van der Waals surface area contributed by atoms with Gasteiger partial charge in [0.1, 0.15) is 16.3 Å². The van der Waals surface area contributed by atoms with Crippen LogP contribution in [-0.4, -0.2) is 40.7 Å². The zero-order chi connectivity index (χ0) is 25.6. The van der Waals surface area contributed by atoms with Crippen molar-refractivity contribution < 1.29 is 14.3 Å². The number of amides is 1. The van der Waals surface area contributed by atoms with Crippen LogP contribution in [-0.2, 0) is 24.3 Å². The van der Waals surface area contributed by atoms with Gasteiger partial charge in [-0.05, 0) is 36.6 Å². The fourth-order valence-corrected chi connectivity index (χ4v) is 6.14. The van der Waals surface area contributed by atoms with E-state index in [1.807, 2.05) is 31.2 Å². The van der Waals surface area contributed by atoms with E-state index in [4.69, 9.17) is 9.47 Å². The quantitative estimate of drug-likeness (QED) is 0.415. The van der Waals surface area contributed by atoms with Crippen molar-refractivity contribution in [3.63, 3.8) is 0 Å². The molecule has 0 radical (unpaired) electrons. The third-order valence-electron chi connectivity index (χ3n) is 6.62. The highest BCUT2D eigenvalue weighted by molar-refractivity contribution is 7.18. The number of carbonyl (C=O) groups is 1. The number of aryl methyl sites for hydroxylation is 1. The Morgan fingerprint density at radius 3 is 2.58 bits per heavy atom. The molecule has 2 aromatic heterocycles. The second-order valence-corrected chi connectivity index (χ2v) is 9.99. The molecule has 186 valence electrons. The third kappa shape index (κ3) is 3.99. The summed E-state index contributed by atoms with van der Waals surface area (Å²) < 4.78 is 13.7. The fraction of sp³-hybridized carbons (Fsp3) is 0.296. The molecule has 1 amide bonds. The normalized spacial score (nSPS) is 13.1. The molecular formula is C27H27N3O5S. The van der Waals surface area contributed by atoms with Gasteiger partial charge >= 0.3 is 5.69 Å². The van der Waals surface area contributed by atoms with Gasteiger partial charge in [0.15, 0.2) is 0 Å². The SMILES string of the molecule is COc1ccc(-n2c(=O)c3c4c(sc3n(Cc3cccc(C)c3)c2=O)CN(C(C)=O)CC4)c(OC)c1. The minimum atomic E-state index is -0.445. The minimum absolute atomic E-state index is 0.00404. The largest absolute Gasteiger partial charge is 0.497 e. The van der Waals surface area contributed by atoms with Crippen LogP contribution in [0.1, 0.15) is 28.5 Å². The molecule has 0 atom stereocenters. The molecule has 2 aromatic carbocycles. The topological polar surface area (TPSA) is 82.8 Å². The Labute approximate surface area is 211 Å². The van der Waals surface area contributed by atoms with Crippen LogP contribution in [0.4, 0.5) is 0 Å². The monoisotopic (exact) mass is 505 g/mol. The maximum absolute atomic E-state index is 14.0. The molecular weight excluding hydrogens is 478 g/mol. The number of carbonyl (C=O) groups excluding carboxylic acids is 1. The van der Waals surface area contributed by atoms with Crippen LogP contribution in [0.5, 0.6) is 11.5 Å². The number of methoxy groups -OCH3 is 2. The maximum Gasteiger partial charge on any atom is 0.337 e. The first-order chi connectivity index (χ1) is 17.3. The molecule has 8 nitrogen and oxygen atoms in total. The summed E-state index contributed by atoms with van der Waals surface area (Å²) in [5.74, 6) is 0.916. The second-order valence-electron chi connectivity index (χ2n) is 8.91. The van der Waals surface area contributed by atoms with Gasteiger partial charge in [-0.25, -0.2) is 9.36 Å². The van der Waals surface area contributed by atoms with Gasteiger partial charge in [-0.2, -0.15) is 0 Å². The van der Waals surface area contributed by atoms with E-state index < -0.39 is 5.69 Å². The van der Waals surface area contributed by atoms with Crippen molar-refractivity contribution in [1.29, 1.82) is 0 Å². The molecule has 0 saturated heterocycles. The summed E-state index contributed by atoms with van der Waals surface area (Å²) in [6.07, 6.45) is 0.562. The van der Waals surface area contributed by atoms with Crippen LogP contribution in [0.2, 0.25) is 0 Å². The molecule has 0 spiro atoms. The molecule has 0 saturated carbocycles. The molecule has 36 heavy (non-hydrogen) atoms. The van der Waals surface area contributed by atoms with Gasteiger partial charge in [0.05, 0.1) is 38.4 Å². The Bertz CT molecular complexity index is 1610. The maximum atomic E-state index is 14.0. The summed E-state index contributed by atoms with van der Waals surface area (Å²) in [6.45, 7) is 4.84.